The highest BCUT2D eigenvalue weighted by molar-refractivity contribution is 6.30. The van der Waals surface area contributed by atoms with Gasteiger partial charge in [-0.15, -0.1) is 0 Å². The molecular weight excluding hydrogens is 258 g/mol. The summed E-state index contributed by atoms with van der Waals surface area (Å²) in [5, 5.41) is 10.4. The first kappa shape index (κ1) is 12.9. The summed E-state index contributed by atoms with van der Waals surface area (Å²) in [7, 11) is 0. The molecule has 96 valence electrons. The fourth-order valence-corrected chi connectivity index (χ4v) is 1.93. The van der Waals surface area contributed by atoms with Crippen LogP contribution in [0.4, 0.5) is 4.79 Å². The molecule has 0 aliphatic carbocycles. The third kappa shape index (κ3) is 2.80. The molecule has 1 aromatic rings. The molecule has 1 fully saturated rings. The standard InChI is InChI=1S/C12H12ClNO4/c13-9-3-1-2-8(6-9)10(15)7-11(16)14-4-5-18-12(14)17/h1-3,6,10,15H,4-5,7H2. The number of rotatable bonds is 3. The van der Waals surface area contributed by atoms with Gasteiger partial charge < -0.3 is 9.84 Å². The predicted octanol–water partition coefficient (Wildman–Crippen LogP) is 1.74. The Kier molecular flexibility index (Phi) is 3.84. The first-order valence-corrected chi connectivity index (χ1v) is 5.86. The minimum atomic E-state index is -0.982. The molecule has 0 spiro atoms. The number of cyclic esters (lactones) is 1. The smallest absolute Gasteiger partial charge is 0.416 e. The lowest BCUT2D eigenvalue weighted by atomic mass is 10.1. The van der Waals surface area contributed by atoms with E-state index in [-0.39, 0.29) is 19.6 Å². The molecule has 1 aliphatic heterocycles. The van der Waals surface area contributed by atoms with Crippen LogP contribution in [-0.4, -0.2) is 35.2 Å². The van der Waals surface area contributed by atoms with Crippen molar-refractivity contribution >= 4 is 23.6 Å². The minimum Gasteiger partial charge on any atom is -0.447 e. The highest BCUT2D eigenvalue weighted by atomic mass is 35.5. The van der Waals surface area contributed by atoms with Crippen molar-refractivity contribution in [2.75, 3.05) is 13.2 Å². The lowest BCUT2D eigenvalue weighted by molar-refractivity contribution is -0.129. The summed E-state index contributed by atoms with van der Waals surface area (Å²) in [4.78, 5) is 23.9. The largest absolute Gasteiger partial charge is 0.447 e. The summed E-state index contributed by atoms with van der Waals surface area (Å²) in [5.74, 6) is -0.454. The molecule has 1 aliphatic rings. The Labute approximate surface area is 109 Å². The van der Waals surface area contributed by atoms with E-state index in [1.54, 1.807) is 24.3 Å². The minimum absolute atomic E-state index is 0.171. The summed E-state index contributed by atoms with van der Waals surface area (Å²) in [6.45, 7) is 0.442. The Hall–Kier alpha value is -1.59. The molecule has 18 heavy (non-hydrogen) atoms. The highest BCUT2D eigenvalue weighted by Gasteiger charge is 2.29. The van der Waals surface area contributed by atoms with E-state index in [0.29, 0.717) is 10.6 Å². The molecule has 0 radical (unpaired) electrons. The van der Waals surface area contributed by atoms with Gasteiger partial charge in [0.2, 0.25) is 5.91 Å². The van der Waals surface area contributed by atoms with Gasteiger partial charge in [-0.2, -0.15) is 0 Å². The van der Waals surface area contributed by atoms with Gasteiger partial charge in [-0.05, 0) is 17.7 Å². The molecule has 5 nitrogen and oxygen atoms in total. The van der Waals surface area contributed by atoms with E-state index in [4.69, 9.17) is 11.6 Å². The Bertz CT molecular complexity index is 477. The number of aliphatic hydroxyl groups excluding tert-OH is 1. The van der Waals surface area contributed by atoms with Crippen molar-refractivity contribution in [3.8, 4) is 0 Å². The Balaban J connectivity index is 2.01. The summed E-state index contributed by atoms with van der Waals surface area (Å²) in [6, 6.07) is 6.63. The van der Waals surface area contributed by atoms with Crippen LogP contribution in [0, 0.1) is 0 Å². The van der Waals surface area contributed by atoms with Crippen LogP contribution in [-0.2, 0) is 9.53 Å². The number of nitrogens with zero attached hydrogens (tertiary/aromatic N) is 1. The van der Waals surface area contributed by atoms with E-state index in [9.17, 15) is 14.7 Å². The van der Waals surface area contributed by atoms with Gasteiger partial charge in [0.05, 0.1) is 19.1 Å². The maximum absolute atomic E-state index is 11.8. The molecule has 2 amide bonds. The van der Waals surface area contributed by atoms with Crippen LogP contribution in [0.15, 0.2) is 24.3 Å². The molecule has 0 saturated carbocycles. The fraction of sp³-hybridized carbons (Fsp3) is 0.333. The van der Waals surface area contributed by atoms with Gasteiger partial charge in [-0.3, -0.25) is 4.79 Å². The summed E-state index contributed by atoms with van der Waals surface area (Å²) in [5.41, 5.74) is 0.545. The zero-order chi connectivity index (χ0) is 13.1. The average Bonchev–Trinajstić information content (AvgIpc) is 2.75. The van der Waals surface area contributed by atoms with Crippen molar-refractivity contribution in [3.63, 3.8) is 0 Å². The number of imide groups is 1. The van der Waals surface area contributed by atoms with Crippen LogP contribution in [0.1, 0.15) is 18.1 Å². The van der Waals surface area contributed by atoms with Gasteiger partial charge in [0.25, 0.3) is 0 Å². The maximum Gasteiger partial charge on any atom is 0.416 e. The third-order valence-corrected chi connectivity index (χ3v) is 2.90. The van der Waals surface area contributed by atoms with Crippen molar-refractivity contribution in [1.82, 2.24) is 4.90 Å². The monoisotopic (exact) mass is 269 g/mol. The first-order chi connectivity index (χ1) is 8.58. The average molecular weight is 270 g/mol. The lowest BCUT2D eigenvalue weighted by Gasteiger charge is -2.14. The molecule has 1 atom stereocenters. The Morgan fingerprint density at radius 1 is 1.56 bits per heavy atom. The van der Waals surface area contributed by atoms with Gasteiger partial charge in [-0.1, -0.05) is 23.7 Å². The number of aliphatic hydroxyl groups is 1. The molecule has 1 saturated heterocycles. The van der Waals surface area contributed by atoms with E-state index >= 15 is 0 Å². The van der Waals surface area contributed by atoms with Crippen LogP contribution >= 0.6 is 11.6 Å². The number of ether oxygens (including phenoxy) is 1. The predicted molar refractivity (Wildman–Crippen MR) is 64.1 cm³/mol. The summed E-state index contributed by atoms with van der Waals surface area (Å²) >= 11 is 5.80. The van der Waals surface area contributed by atoms with Gasteiger partial charge in [0, 0.05) is 5.02 Å². The summed E-state index contributed by atoms with van der Waals surface area (Å²) in [6.07, 6.45) is -1.81. The molecular formula is C12H12ClNO4. The van der Waals surface area contributed by atoms with E-state index in [1.807, 2.05) is 0 Å². The lowest BCUT2D eigenvalue weighted by Crippen LogP contribution is -2.32. The van der Waals surface area contributed by atoms with Crippen LogP contribution in [0.5, 0.6) is 0 Å². The molecule has 1 heterocycles. The van der Waals surface area contributed by atoms with Crippen molar-refractivity contribution in [2.45, 2.75) is 12.5 Å². The number of carbonyl (C=O) groups excluding carboxylic acids is 2. The quantitative estimate of drug-likeness (QED) is 0.908. The maximum atomic E-state index is 11.8. The van der Waals surface area contributed by atoms with Gasteiger partial charge in [0.15, 0.2) is 0 Å². The second-order valence-electron chi connectivity index (χ2n) is 3.93. The van der Waals surface area contributed by atoms with Crippen molar-refractivity contribution < 1.29 is 19.4 Å². The molecule has 6 heteroatoms. The van der Waals surface area contributed by atoms with Crippen molar-refractivity contribution in [3.05, 3.63) is 34.9 Å². The SMILES string of the molecule is O=C(CC(O)c1cccc(Cl)c1)N1CCOC1=O. The summed E-state index contributed by atoms with van der Waals surface area (Å²) < 4.78 is 4.66. The number of benzene rings is 1. The third-order valence-electron chi connectivity index (χ3n) is 2.66. The molecule has 1 unspecified atom stereocenters. The van der Waals surface area contributed by atoms with Crippen LogP contribution in [0.3, 0.4) is 0 Å². The number of halogens is 1. The van der Waals surface area contributed by atoms with Gasteiger partial charge in [-0.25, -0.2) is 9.69 Å². The van der Waals surface area contributed by atoms with E-state index in [0.717, 1.165) is 4.90 Å². The number of carbonyl (C=O) groups is 2. The fourth-order valence-electron chi connectivity index (χ4n) is 1.73. The van der Waals surface area contributed by atoms with Crippen molar-refractivity contribution in [1.29, 1.82) is 0 Å². The topological polar surface area (TPSA) is 66.8 Å². The van der Waals surface area contributed by atoms with E-state index in [1.165, 1.54) is 0 Å². The second kappa shape index (κ2) is 5.37. The van der Waals surface area contributed by atoms with E-state index in [2.05, 4.69) is 4.74 Å². The zero-order valence-corrected chi connectivity index (χ0v) is 10.3. The van der Waals surface area contributed by atoms with Gasteiger partial charge in [0.1, 0.15) is 6.61 Å². The number of hydrogen-bond donors (Lipinski definition) is 1. The highest BCUT2D eigenvalue weighted by Crippen LogP contribution is 2.21. The molecule has 0 aromatic heterocycles. The normalized spacial score (nSPS) is 16.6. The van der Waals surface area contributed by atoms with E-state index < -0.39 is 18.1 Å². The molecule has 0 bridgehead atoms. The second-order valence-corrected chi connectivity index (χ2v) is 4.37. The number of amides is 2. The van der Waals surface area contributed by atoms with Crippen LogP contribution < -0.4 is 0 Å². The first-order valence-electron chi connectivity index (χ1n) is 5.48. The van der Waals surface area contributed by atoms with Crippen LogP contribution in [0.2, 0.25) is 5.02 Å². The van der Waals surface area contributed by atoms with Crippen LogP contribution in [0.25, 0.3) is 0 Å². The molecule has 2 rings (SSSR count). The number of hydrogen-bond acceptors (Lipinski definition) is 4. The molecule has 1 aromatic carbocycles. The molecule has 1 N–H and O–H groups in total. The van der Waals surface area contributed by atoms with Gasteiger partial charge >= 0.3 is 6.09 Å². The Morgan fingerprint density at radius 3 is 2.94 bits per heavy atom. The Morgan fingerprint density at radius 2 is 2.33 bits per heavy atom. The zero-order valence-electron chi connectivity index (χ0n) is 9.51. The van der Waals surface area contributed by atoms with Crippen molar-refractivity contribution in [2.24, 2.45) is 0 Å².